The van der Waals surface area contributed by atoms with E-state index < -0.39 is 29.1 Å². The van der Waals surface area contributed by atoms with Gasteiger partial charge in [-0.15, -0.1) is 0 Å². The lowest BCUT2D eigenvalue weighted by molar-refractivity contribution is -0.143. The molecule has 0 N–H and O–H groups in total. The summed E-state index contributed by atoms with van der Waals surface area (Å²) in [5.74, 6) is 0. The minimum atomic E-state index is -4.85. The number of piperidine rings is 1. The predicted molar refractivity (Wildman–Crippen MR) is 116 cm³/mol. The summed E-state index contributed by atoms with van der Waals surface area (Å²) < 4.78 is 84.3. The van der Waals surface area contributed by atoms with Gasteiger partial charge in [0.25, 0.3) is 0 Å². The molecule has 1 saturated heterocycles. The number of rotatable bonds is 6. The van der Waals surface area contributed by atoms with Crippen molar-refractivity contribution in [2.75, 3.05) is 26.7 Å². The average molecular weight is 514 g/mol. The van der Waals surface area contributed by atoms with E-state index in [9.17, 15) is 26.3 Å². The number of hydrogen-bond acceptors (Lipinski definition) is 2. The molecule has 2 aromatic rings. The van der Waals surface area contributed by atoms with Gasteiger partial charge in [0.1, 0.15) is 0 Å². The maximum atomic E-state index is 13.1. The molecule has 2 nitrogen and oxygen atoms in total. The second-order valence-corrected chi connectivity index (χ2v) is 9.08. The van der Waals surface area contributed by atoms with Crippen molar-refractivity contribution in [3.63, 3.8) is 0 Å². The Morgan fingerprint density at radius 3 is 1.88 bits per heavy atom. The molecule has 1 aliphatic rings. The van der Waals surface area contributed by atoms with Gasteiger partial charge < -0.3 is 9.64 Å². The van der Waals surface area contributed by atoms with E-state index in [1.807, 2.05) is 4.90 Å². The fourth-order valence-corrected chi connectivity index (χ4v) is 4.64. The summed E-state index contributed by atoms with van der Waals surface area (Å²) in [4.78, 5) is 2.01. The normalized spacial score (nSPS) is 17.4. The van der Waals surface area contributed by atoms with Gasteiger partial charge in [-0.05, 0) is 60.7 Å². The number of hydrogen-bond donors (Lipinski definition) is 0. The van der Waals surface area contributed by atoms with Crippen LogP contribution in [0.25, 0.3) is 0 Å². The third kappa shape index (κ3) is 6.56. The average Bonchev–Trinajstić information content (AvgIpc) is 2.74. The Labute approximate surface area is 198 Å². The minimum absolute atomic E-state index is 0.00331. The zero-order chi connectivity index (χ0) is 24.4. The second-order valence-electron chi connectivity index (χ2n) is 8.27. The molecule has 33 heavy (non-hydrogen) atoms. The van der Waals surface area contributed by atoms with Crippen molar-refractivity contribution in [2.24, 2.45) is 0 Å². The lowest BCUT2D eigenvalue weighted by atomic mass is 9.84. The first-order valence-electron chi connectivity index (χ1n) is 10.3. The van der Waals surface area contributed by atoms with Crippen LogP contribution in [-0.4, -0.2) is 37.2 Å². The quantitative estimate of drug-likeness (QED) is 0.376. The van der Waals surface area contributed by atoms with E-state index in [0.29, 0.717) is 48.9 Å². The van der Waals surface area contributed by atoms with E-state index in [1.54, 1.807) is 25.3 Å². The second kappa shape index (κ2) is 10.0. The first kappa shape index (κ1) is 26.1. The van der Waals surface area contributed by atoms with Crippen LogP contribution in [0.5, 0.6) is 0 Å². The molecule has 10 heteroatoms. The number of methoxy groups -OCH3 is 1. The molecule has 2 aromatic carbocycles. The van der Waals surface area contributed by atoms with Crippen LogP contribution < -0.4 is 0 Å². The fraction of sp³-hybridized carbons (Fsp3) is 0.478. The summed E-state index contributed by atoms with van der Waals surface area (Å²) >= 11 is 12.6. The molecular formula is C23H23Cl2F6NO. The number of benzene rings is 2. The first-order valence-corrected chi connectivity index (χ1v) is 11.1. The highest BCUT2D eigenvalue weighted by Crippen LogP contribution is 2.37. The molecule has 0 radical (unpaired) electrons. The Hall–Kier alpha value is -1.48. The molecule has 3 rings (SSSR count). The first-order chi connectivity index (χ1) is 15.3. The number of halogens is 8. The topological polar surface area (TPSA) is 12.5 Å². The highest BCUT2D eigenvalue weighted by Gasteiger charge is 2.38. The van der Waals surface area contributed by atoms with E-state index in [-0.39, 0.29) is 18.1 Å². The van der Waals surface area contributed by atoms with Crippen LogP contribution in [0.15, 0.2) is 36.4 Å². The number of likely N-dealkylation sites (tertiary alicyclic amines) is 1. The maximum Gasteiger partial charge on any atom is 0.416 e. The van der Waals surface area contributed by atoms with Crippen LogP contribution in [0.4, 0.5) is 26.3 Å². The van der Waals surface area contributed by atoms with Crippen molar-refractivity contribution in [1.82, 2.24) is 4.90 Å². The van der Waals surface area contributed by atoms with Gasteiger partial charge in [-0.2, -0.15) is 26.3 Å². The molecule has 0 amide bonds. The van der Waals surface area contributed by atoms with Crippen molar-refractivity contribution < 1.29 is 31.1 Å². The monoisotopic (exact) mass is 513 g/mol. The van der Waals surface area contributed by atoms with Crippen LogP contribution in [0.2, 0.25) is 10.0 Å². The Morgan fingerprint density at radius 2 is 1.42 bits per heavy atom. The van der Waals surface area contributed by atoms with Crippen LogP contribution in [0.3, 0.4) is 0 Å². The number of ether oxygens (including phenoxy) is 1. The molecular weight excluding hydrogens is 491 g/mol. The summed E-state index contributed by atoms with van der Waals surface area (Å²) in [5, 5.41) is 1.10. The minimum Gasteiger partial charge on any atom is -0.378 e. The zero-order valence-corrected chi connectivity index (χ0v) is 19.3. The zero-order valence-electron chi connectivity index (χ0n) is 17.8. The molecule has 1 aliphatic heterocycles. The maximum absolute atomic E-state index is 13.1. The van der Waals surface area contributed by atoms with E-state index >= 15 is 0 Å². The summed E-state index contributed by atoms with van der Waals surface area (Å²) in [6.45, 7) is 1.51. The molecule has 1 heterocycles. The van der Waals surface area contributed by atoms with Crippen molar-refractivity contribution in [3.8, 4) is 0 Å². The van der Waals surface area contributed by atoms with Gasteiger partial charge in [0.15, 0.2) is 0 Å². The Kier molecular flexibility index (Phi) is 7.93. The smallest absolute Gasteiger partial charge is 0.378 e. The van der Waals surface area contributed by atoms with Gasteiger partial charge in [-0.25, -0.2) is 0 Å². The van der Waals surface area contributed by atoms with E-state index in [0.717, 1.165) is 17.7 Å². The molecule has 0 spiro atoms. The number of nitrogens with zero attached hydrogens (tertiary/aromatic N) is 1. The predicted octanol–water partition coefficient (Wildman–Crippen LogP) is 7.30. The lowest BCUT2D eigenvalue weighted by Gasteiger charge is -2.41. The standard InChI is InChI=1S/C23H23Cl2F6NO/c1-33-21(14-18-19(24)3-2-4-20(18)25)6-9-32(10-7-21)8-5-15-11-16(22(26,27)28)13-17(12-15)23(29,30)31/h2-4,11-13H,5-10,14H2,1H3. The molecule has 0 aromatic heterocycles. The van der Waals surface area contributed by atoms with Gasteiger partial charge in [-0.3, -0.25) is 0 Å². The van der Waals surface area contributed by atoms with E-state index in [4.69, 9.17) is 27.9 Å². The fourth-order valence-electron chi connectivity index (χ4n) is 4.11. The summed E-state index contributed by atoms with van der Waals surface area (Å²) in [7, 11) is 1.61. The molecule has 182 valence electrons. The highest BCUT2D eigenvalue weighted by atomic mass is 35.5. The van der Waals surface area contributed by atoms with Crippen molar-refractivity contribution in [3.05, 3.63) is 68.7 Å². The van der Waals surface area contributed by atoms with Crippen molar-refractivity contribution in [1.29, 1.82) is 0 Å². The lowest BCUT2D eigenvalue weighted by Crippen LogP contribution is -2.47. The van der Waals surface area contributed by atoms with Crippen molar-refractivity contribution in [2.45, 2.75) is 43.6 Å². The van der Waals surface area contributed by atoms with Crippen LogP contribution in [0.1, 0.15) is 35.1 Å². The Bertz CT molecular complexity index is 916. The van der Waals surface area contributed by atoms with E-state index in [1.165, 1.54) is 0 Å². The SMILES string of the molecule is COC1(Cc2c(Cl)cccc2Cl)CCN(CCc2cc(C(F)(F)F)cc(C(F)(F)F)c2)CC1. The number of alkyl halides is 6. The van der Waals surface area contributed by atoms with Gasteiger partial charge >= 0.3 is 12.4 Å². The van der Waals surface area contributed by atoms with Gasteiger partial charge in [-0.1, -0.05) is 29.3 Å². The molecule has 0 saturated carbocycles. The van der Waals surface area contributed by atoms with Gasteiger partial charge in [0.2, 0.25) is 0 Å². The van der Waals surface area contributed by atoms with E-state index in [2.05, 4.69) is 0 Å². The molecule has 0 unspecified atom stereocenters. The highest BCUT2D eigenvalue weighted by molar-refractivity contribution is 6.36. The van der Waals surface area contributed by atoms with Gasteiger partial charge in [0.05, 0.1) is 16.7 Å². The summed E-state index contributed by atoms with van der Waals surface area (Å²) in [5.41, 5.74) is -2.28. The molecule has 0 atom stereocenters. The van der Waals surface area contributed by atoms with Crippen LogP contribution in [-0.2, 0) is 29.9 Å². The molecule has 0 aliphatic carbocycles. The third-order valence-electron chi connectivity index (χ3n) is 6.13. The van der Waals surface area contributed by atoms with Crippen molar-refractivity contribution >= 4 is 23.2 Å². The summed E-state index contributed by atoms with van der Waals surface area (Å²) in [6, 6.07) is 7.00. The molecule has 0 bridgehead atoms. The van der Waals surface area contributed by atoms with Gasteiger partial charge in [0, 0.05) is 43.2 Å². The van der Waals surface area contributed by atoms with Crippen LogP contribution in [0, 0.1) is 0 Å². The molecule has 1 fully saturated rings. The Morgan fingerprint density at radius 1 is 0.909 bits per heavy atom. The largest absolute Gasteiger partial charge is 0.416 e. The van der Waals surface area contributed by atoms with Crippen LogP contribution >= 0.6 is 23.2 Å². The summed E-state index contributed by atoms with van der Waals surface area (Å²) in [6.07, 6.45) is -7.86. The Balaban J connectivity index is 1.67. The third-order valence-corrected chi connectivity index (χ3v) is 6.83.